The third-order valence-electron chi connectivity index (χ3n) is 3.63. The van der Waals surface area contributed by atoms with E-state index in [9.17, 15) is 22.8 Å². The van der Waals surface area contributed by atoms with E-state index < -0.39 is 45.3 Å². The molecule has 2 aromatic rings. The molecule has 30 heavy (non-hydrogen) atoms. The number of hydrogen-bond donors (Lipinski definition) is 2. The lowest BCUT2D eigenvalue weighted by Crippen LogP contribution is -2.22. The highest BCUT2D eigenvalue weighted by molar-refractivity contribution is 7.89. The normalized spacial score (nSPS) is 11.4. The molecule has 2 rings (SSSR count). The van der Waals surface area contributed by atoms with E-state index in [0.29, 0.717) is 11.4 Å². The predicted molar refractivity (Wildman–Crippen MR) is 108 cm³/mol. The van der Waals surface area contributed by atoms with Crippen LogP contribution < -0.4 is 10.5 Å². The number of furan rings is 1. The third kappa shape index (κ3) is 6.15. The van der Waals surface area contributed by atoms with E-state index in [1.54, 1.807) is 12.3 Å². The van der Waals surface area contributed by atoms with Crippen molar-refractivity contribution in [1.82, 2.24) is 0 Å². The number of esters is 2. The minimum Gasteiger partial charge on any atom is -0.462 e. The fourth-order valence-electron chi connectivity index (χ4n) is 2.45. The summed E-state index contributed by atoms with van der Waals surface area (Å²) < 4.78 is 37.0. The monoisotopic (exact) mass is 458 g/mol. The number of carbonyl (C=O) groups excluding carboxylic acids is 3. The molecule has 0 aliphatic heterocycles. The Balaban J connectivity index is 2.05. The lowest BCUT2D eigenvalue weighted by atomic mass is 10.0. The van der Waals surface area contributed by atoms with Crippen LogP contribution in [0.1, 0.15) is 47.2 Å². The van der Waals surface area contributed by atoms with Crippen molar-refractivity contribution in [2.75, 3.05) is 18.5 Å². The summed E-state index contributed by atoms with van der Waals surface area (Å²) in [5, 5.41) is 8.89. The number of nitrogens with one attached hydrogen (secondary N) is 1. The molecule has 0 aliphatic rings. The Bertz CT molecular complexity index is 1040. The second kappa shape index (κ2) is 9.87. The Morgan fingerprint density at radius 3 is 2.47 bits per heavy atom. The molecule has 2 aromatic heterocycles. The zero-order valence-electron chi connectivity index (χ0n) is 16.6. The van der Waals surface area contributed by atoms with Gasteiger partial charge in [-0.25, -0.2) is 23.1 Å². The van der Waals surface area contributed by atoms with Crippen LogP contribution in [0.2, 0.25) is 0 Å². The van der Waals surface area contributed by atoms with Crippen LogP contribution in [0.4, 0.5) is 5.00 Å². The van der Waals surface area contributed by atoms with Gasteiger partial charge in [-0.15, -0.1) is 11.3 Å². The largest absolute Gasteiger partial charge is 0.462 e. The summed E-state index contributed by atoms with van der Waals surface area (Å²) in [6.07, 6.45) is 0.625. The molecule has 164 valence electrons. The number of thiophene rings is 1. The molecule has 2 heterocycles. The summed E-state index contributed by atoms with van der Waals surface area (Å²) in [5.74, 6) is -2.42. The van der Waals surface area contributed by atoms with E-state index in [4.69, 9.17) is 19.0 Å². The molecule has 0 unspecified atom stereocenters. The molecular formula is C18H22N2O8S2. The van der Waals surface area contributed by atoms with Gasteiger partial charge < -0.3 is 19.2 Å². The number of sulfonamides is 1. The molecule has 3 N–H and O–H groups in total. The topological polar surface area (TPSA) is 155 Å². The first-order valence-corrected chi connectivity index (χ1v) is 11.3. The van der Waals surface area contributed by atoms with Crippen molar-refractivity contribution in [3.8, 4) is 0 Å². The lowest BCUT2D eigenvalue weighted by Gasteiger charge is -2.10. The Morgan fingerprint density at radius 2 is 1.90 bits per heavy atom. The summed E-state index contributed by atoms with van der Waals surface area (Å²) in [7, 11) is -4.11. The van der Waals surface area contributed by atoms with Gasteiger partial charge in [0.25, 0.3) is 15.9 Å². The summed E-state index contributed by atoms with van der Waals surface area (Å²) in [6, 6.07) is 2.07. The average Bonchev–Trinajstić information content (AvgIpc) is 3.27. The van der Waals surface area contributed by atoms with Gasteiger partial charge in [-0.2, -0.15) is 0 Å². The molecule has 0 aliphatic carbocycles. The van der Waals surface area contributed by atoms with Gasteiger partial charge in [0.1, 0.15) is 5.00 Å². The number of amides is 1. The molecule has 0 saturated heterocycles. The fourth-order valence-corrected chi connectivity index (χ4v) is 3.89. The summed E-state index contributed by atoms with van der Waals surface area (Å²) in [6.45, 7) is 5.19. The van der Waals surface area contributed by atoms with Crippen molar-refractivity contribution in [2.24, 2.45) is 11.1 Å². The maximum absolute atomic E-state index is 12.3. The van der Waals surface area contributed by atoms with Gasteiger partial charge in [0, 0.05) is 0 Å². The number of ether oxygens (including phenoxy) is 2. The number of anilines is 1. The molecule has 12 heteroatoms. The van der Waals surface area contributed by atoms with Crippen LogP contribution in [0.25, 0.3) is 0 Å². The van der Waals surface area contributed by atoms with Crippen molar-refractivity contribution >= 4 is 44.2 Å². The van der Waals surface area contributed by atoms with Crippen molar-refractivity contribution in [3.63, 3.8) is 0 Å². The SMILES string of the molecule is CCOC(=O)c1c(CC(C)C)csc1NC(=O)COC(=O)c1ccc(S(N)(=O)=O)o1. The minimum atomic E-state index is -4.11. The van der Waals surface area contributed by atoms with E-state index in [-0.39, 0.29) is 18.1 Å². The predicted octanol–water partition coefficient (Wildman–Crippen LogP) is 2.16. The number of rotatable bonds is 9. The summed E-state index contributed by atoms with van der Waals surface area (Å²) in [5.41, 5.74) is 1.03. The lowest BCUT2D eigenvalue weighted by molar-refractivity contribution is -0.119. The van der Waals surface area contributed by atoms with Crippen LogP contribution in [0.15, 0.2) is 27.0 Å². The Morgan fingerprint density at radius 1 is 1.20 bits per heavy atom. The van der Waals surface area contributed by atoms with Gasteiger partial charge in [-0.1, -0.05) is 13.8 Å². The summed E-state index contributed by atoms with van der Waals surface area (Å²) >= 11 is 1.17. The van der Waals surface area contributed by atoms with E-state index in [0.717, 1.165) is 17.7 Å². The van der Waals surface area contributed by atoms with Gasteiger partial charge in [0.2, 0.25) is 10.9 Å². The number of nitrogens with two attached hydrogens (primary N) is 1. The Labute approximate surface area is 177 Å². The molecule has 0 bridgehead atoms. The van der Waals surface area contributed by atoms with Crippen LogP contribution in [-0.4, -0.2) is 39.5 Å². The van der Waals surface area contributed by atoms with Crippen molar-refractivity contribution < 1.29 is 36.7 Å². The van der Waals surface area contributed by atoms with Crippen LogP contribution >= 0.6 is 11.3 Å². The maximum Gasteiger partial charge on any atom is 0.374 e. The maximum atomic E-state index is 12.3. The standard InChI is InChI=1S/C18H22N2O8S2/c1-4-26-18(23)15-11(7-10(2)3)9-29-16(15)20-13(21)8-27-17(22)12-5-6-14(28-12)30(19,24)25/h5-6,9-10H,4,7-8H2,1-3H3,(H,20,21)(H2,19,24,25). The number of primary sulfonamides is 1. The van der Waals surface area contributed by atoms with Crippen LogP contribution in [-0.2, 0) is 30.7 Å². The number of carbonyl (C=O) groups is 3. The fraction of sp³-hybridized carbons (Fsp3) is 0.389. The van der Waals surface area contributed by atoms with Gasteiger partial charge in [-0.3, -0.25) is 4.79 Å². The van der Waals surface area contributed by atoms with E-state index in [1.165, 1.54) is 11.3 Å². The zero-order chi connectivity index (χ0) is 22.5. The first-order valence-electron chi connectivity index (χ1n) is 8.90. The summed E-state index contributed by atoms with van der Waals surface area (Å²) in [4.78, 5) is 36.4. The van der Waals surface area contributed by atoms with Gasteiger partial charge in [0.05, 0.1) is 12.2 Å². The van der Waals surface area contributed by atoms with E-state index in [2.05, 4.69) is 5.32 Å². The van der Waals surface area contributed by atoms with Gasteiger partial charge >= 0.3 is 11.9 Å². The Hall–Kier alpha value is -2.70. The van der Waals surface area contributed by atoms with Crippen LogP contribution in [0.5, 0.6) is 0 Å². The van der Waals surface area contributed by atoms with E-state index in [1.807, 2.05) is 13.8 Å². The highest BCUT2D eigenvalue weighted by Crippen LogP contribution is 2.31. The molecule has 10 nitrogen and oxygen atoms in total. The quantitative estimate of drug-likeness (QED) is 0.542. The third-order valence-corrected chi connectivity index (χ3v) is 5.35. The highest BCUT2D eigenvalue weighted by atomic mass is 32.2. The van der Waals surface area contributed by atoms with Crippen LogP contribution in [0.3, 0.4) is 0 Å². The molecule has 0 spiro atoms. The van der Waals surface area contributed by atoms with Crippen LogP contribution in [0, 0.1) is 5.92 Å². The minimum absolute atomic E-state index is 0.185. The molecular weight excluding hydrogens is 436 g/mol. The first-order chi connectivity index (χ1) is 14.0. The Kier molecular flexibility index (Phi) is 7.76. The molecule has 0 radical (unpaired) electrons. The van der Waals surface area contributed by atoms with Crippen molar-refractivity contribution in [2.45, 2.75) is 32.3 Å². The average molecular weight is 459 g/mol. The molecule has 1 amide bonds. The first kappa shape index (κ1) is 23.6. The molecule has 0 atom stereocenters. The molecule has 0 fully saturated rings. The van der Waals surface area contributed by atoms with Gasteiger partial charge in [0.15, 0.2) is 6.61 Å². The zero-order valence-corrected chi connectivity index (χ0v) is 18.2. The highest BCUT2D eigenvalue weighted by Gasteiger charge is 2.23. The smallest absolute Gasteiger partial charge is 0.374 e. The van der Waals surface area contributed by atoms with Crippen molar-refractivity contribution in [3.05, 3.63) is 34.4 Å². The molecule has 0 aromatic carbocycles. The van der Waals surface area contributed by atoms with Crippen molar-refractivity contribution in [1.29, 1.82) is 0 Å². The second-order valence-corrected chi connectivity index (χ2v) is 8.94. The van der Waals surface area contributed by atoms with E-state index >= 15 is 0 Å². The number of hydrogen-bond acceptors (Lipinski definition) is 9. The second-order valence-electron chi connectivity index (χ2n) is 6.57. The van der Waals surface area contributed by atoms with Gasteiger partial charge in [-0.05, 0) is 42.3 Å². The molecule has 0 saturated carbocycles.